The molecule has 0 heterocycles. The third kappa shape index (κ3) is 20.1. The molecule has 0 aromatic heterocycles. The molecule has 0 N–H and O–H groups in total. The average molecular weight is 843 g/mol. The number of carbonyl (C=O) groups excluding carboxylic acids is 6. The normalized spacial score (nSPS) is 11.0. The monoisotopic (exact) mass is 842 g/mol. The zero-order valence-corrected chi connectivity index (χ0v) is 35.4. The Hall–Kier alpha value is -6.94. The predicted molar refractivity (Wildman–Crippen MR) is 225 cm³/mol. The van der Waals surface area contributed by atoms with Crippen LogP contribution in [0.4, 0.5) is 11.4 Å². The van der Waals surface area contributed by atoms with Gasteiger partial charge in [-0.05, 0) is 73.7 Å². The van der Waals surface area contributed by atoms with Crippen LogP contribution in [0.15, 0.2) is 71.8 Å². The average Bonchev–Trinajstić information content (AvgIpc) is 3.24. The van der Waals surface area contributed by atoms with Gasteiger partial charge in [0.1, 0.15) is 49.7 Å². The van der Waals surface area contributed by atoms with Gasteiger partial charge in [-0.1, -0.05) is 44.7 Å². The highest BCUT2D eigenvalue weighted by molar-refractivity contribution is 5.98. The fourth-order valence-corrected chi connectivity index (χ4v) is 5.00. The molecule has 0 aliphatic heterocycles. The second kappa shape index (κ2) is 27.7. The Morgan fingerprint density at radius 2 is 0.967 bits per heavy atom. The molecule has 0 unspecified atom stereocenters. The van der Waals surface area contributed by atoms with Gasteiger partial charge in [-0.25, -0.2) is 14.4 Å². The number of carbonyl (C=O) groups is 6. The number of rotatable bonds is 26. The highest BCUT2D eigenvalue weighted by Crippen LogP contribution is 2.18. The highest BCUT2D eigenvalue weighted by atomic mass is 16.6. The third-order valence-corrected chi connectivity index (χ3v) is 8.46. The van der Waals surface area contributed by atoms with E-state index in [1.54, 1.807) is 38.1 Å². The van der Waals surface area contributed by atoms with E-state index in [1.165, 1.54) is 19.1 Å². The molecule has 2 aromatic rings. The van der Waals surface area contributed by atoms with Gasteiger partial charge in [0.2, 0.25) is 0 Å². The van der Waals surface area contributed by atoms with Crippen LogP contribution in [0.5, 0.6) is 0 Å². The van der Waals surface area contributed by atoms with Crippen LogP contribution < -0.4 is 9.80 Å². The first-order valence-corrected chi connectivity index (χ1v) is 19.7. The van der Waals surface area contributed by atoms with Crippen molar-refractivity contribution >= 4 is 59.3 Å². The summed E-state index contributed by atoms with van der Waals surface area (Å²) >= 11 is 0. The third-order valence-electron chi connectivity index (χ3n) is 8.46. The van der Waals surface area contributed by atoms with Gasteiger partial charge in [0.05, 0.1) is 19.1 Å². The molecule has 0 bridgehead atoms. The van der Waals surface area contributed by atoms with Crippen molar-refractivity contribution in [2.24, 2.45) is 5.92 Å². The summed E-state index contributed by atoms with van der Waals surface area (Å²) in [6.45, 7) is 9.31. The Labute approximate surface area is 356 Å². The number of hydrogen-bond donors (Lipinski definition) is 0. The largest absolute Gasteiger partial charge is 0.466 e. The van der Waals surface area contributed by atoms with E-state index in [9.17, 15) is 39.3 Å². The van der Waals surface area contributed by atoms with Crippen LogP contribution in [0.2, 0.25) is 0 Å². The van der Waals surface area contributed by atoms with Crippen molar-refractivity contribution in [3.63, 3.8) is 0 Å². The Kier molecular flexibility index (Phi) is 22.8. The Balaban J connectivity index is 1.61. The fourth-order valence-electron chi connectivity index (χ4n) is 5.00. The van der Waals surface area contributed by atoms with Gasteiger partial charge in [-0.2, -0.15) is 10.5 Å². The lowest BCUT2D eigenvalue weighted by Gasteiger charge is -2.19. The minimum absolute atomic E-state index is 0.0845. The van der Waals surface area contributed by atoms with Crippen molar-refractivity contribution in [2.45, 2.75) is 52.9 Å². The Morgan fingerprint density at radius 1 is 0.590 bits per heavy atom. The lowest BCUT2D eigenvalue weighted by Crippen LogP contribution is -2.20. The number of esters is 6. The first kappa shape index (κ1) is 50.2. The molecular weight excluding hydrogens is 789 g/mol. The summed E-state index contributed by atoms with van der Waals surface area (Å²) in [5.41, 5.74) is 2.79. The van der Waals surface area contributed by atoms with Gasteiger partial charge in [-0.3, -0.25) is 14.4 Å². The van der Waals surface area contributed by atoms with Gasteiger partial charge in [0.25, 0.3) is 0 Å². The minimum atomic E-state index is -0.836. The zero-order chi connectivity index (χ0) is 45.2. The number of hydrogen-bond acceptors (Lipinski definition) is 16. The molecule has 0 saturated heterocycles. The quantitative estimate of drug-likeness (QED) is 0.0375. The van der Waals surface area contributed by atoms with Crippen LogP contribution in [0.3, 0.4) is 0 Å². The van der Waals surface area contributed by atoms with Crippen molar-refractivity contribution < 1.29 is 57.2 Å². The molecule has 0 spiro atoms. The van der Waals surface area contributed by atoms with Crippen LogP contribution in [0.25, 0.3) is 12.2 Å². The number of nitrogens with zero attached hydrogens (tertiary/aromatic N) is 4. The summed E-state index contributed by atoms with van der Waals surface area (Å²) < 4.78 is 30.5. The van der Waals surface area contributed by atoms with Crippen LogP contribution in [-0.4, -0.2) is 103 Å². The molecule has 0 atom stereocenters. The van der Waals surface area contributed by atoms with Crippen molar-refractivity contribution in [3.8, 4) is 12.1 Å². The van der Waals surface area contributed by atoms with Gasteiger partial charge >= 0.3 is 35.8 Å². The van der Waals surface area contributed by atoms with Gasteiger partial charge in [0, 0.05) is 57.0 Å². The molecule has 2 rings (SSSR count). The zero-order valence-electron chi connectivity index (χ0n) is 35.4. The Bertz CT molecular complexity index is 1960. The summed E-state index contributed by atoms with van der Waals surface area (Å²) in [7, 11) is 3.76. The van der Waals surface area contributed by atoms with E-state index in [4.69, 9.17) is 28.4 Å². The van der Waals surface area contributed by atoms with E-state index in [-0.39, 0.29) is 75.1 Å². The molecule has 16 heteroatoms. The summed E-state index contributed by atoms with van der Waals surface area (Å²) in [5.74, 6) is -3.76. The van der Waals surface area contributed by atoms with Crippen LogP contribution in [0, 0.1) is 28.6 Å². The lowest BCUT2D eigenvalue weighted by atomic mass is 10.1. The summed E-state index contributed by atoms with van der Waals surface area (Å²) in [5, 5.41) is 18.8. The van der Waals surface area contributed by atoms with Crippen molar-refractivity contribution in [1.29, 1.82) is 10.5 Å². The summed E-state index contributed by atoms with van der Waals surface area (Å²) in [6, 6.07) is 17.9. The van der Waals surface area contributed by atoms with Crippen LogP contribution in [0.1, 0.15) is 64.0 Å². The molecule has 16 nitrogen and oxygen atoms in total. The van der Waals surface area contributed by atoms with Gasteiger partial charge in [-0.15, -0.1) is 0 Å². The first-order chi connectivity index (χ1) is 29.1. The first-order valence-electron chi connectivity index (χ1n) is 19.7. The van der Waals surface area contributed by atoms with E-state index >= 15 is 0 Å². The number of ether oxygens (including phenoxy) is 6. The molecule has 61 heavy (non-hydrogen) atoms. The highest BCUT2D eigenvalue weighted by Gasteiger charge is 2.15. The number of benzene rings is 2. The molecule has 326 valence electrons. The summed E-state index contributed by atoms with van der Waals surface area (Å²) in [4.78, 5) is 75.7. The molecule has 0 radical (unpaired) electrons. The fraction of sp³-hybridized carbons (Fsp3) is 0.422. The predicted octanol–water partition coefficient (Wildman–Crippen LogP) is 5.51. The number of anilines is 2. The molecule has 2 aromatic carbocycles. The van der Waals surface area contributed by atoms with Crippen LogP contribution in [-0.2, 0) is 57.2 Å². The maximum atomic E-state index is 12.3. The molecule has 0 aliphatic rings. The van der Waals surface area contributed by atoms with E-state index in [1.807, 2.05) is 60.3 Å². The van der Waals surface area contributed by atoms with E-state index in [0.29, 0.717) is 43.5 Å². The standard InChI is InChI=1S/C45H54N4O12/c1-32(2)42(52)58-24-26-60-44(54)36(30-46)28-34-12-16-38(17-13-34)48(5)20-8-22-56-40(50)10-7-11-41(51)57-23-9-21-49(6)39-18-14-35(15-19-39)29-37(31-47)45(55)61-27-25-59-43(53)33(3)4/h12-19,28-29,33H,1,7-11,20-27H2,2-6H3/b36-28+,37-29+. The topological polar surface area (TPSA) is 212 Å². The smallest absolute Gasteiger partial charge is 0.349 e. The van der Waals surface area contributed by atoms with Crippen molar-refractivity contribution in [1.82, 2.24) is 0 Å². The molecular formula is C45H54N4O12. The van der Waals surface area contributed by atoms with Crippen LogP contribution >= 0.6 is 0 Å². The second-order valence-electron chi connectivity index (χ2n) is 13.9. The molecule has 0 aliphatic carbocycles. The summed E-state index contributed by atoms with van der Waals surface area (Å²) in [6.07, 6.45) is 4.40. The van der Waals surface area contributed by atoms with E-state index < -0.39 is 35.8 Å². The maximum absolute atomic E-state index is 12.3. The SMILES string of the molecule is C=C(C)C(=O)OCCOC(=O)/C(C#N)=C/c1ccc(N(C)CCCOC(=O)CCCC(=O)OCCCN(C)c2ccc(/C=C(\C#N)C(=O)OCCOC(=O)C(C)C)cc2)cc1. The Morgan fingerprint density at radius 3 is 1.33 bits per heavy atom. The molecule has 0 fully saturated rings. The van der Waals surface area contributed by atoms with Crippen molar-refractivity contribution in [2.75, 3.05) is 76.6 Å². The number of nitriles is 2. The van der Waals surface area contributed by atoms with Crippen molar-refractivity contribution in [3.05, 3.63) is 83.0 Å². The minimum Gasteiger partial charge on any atom is -0.466 e. The van der Waals surface area contributed by atoms with Gasteiger partial charge < -0.3 is 38.2 Å². The van der Waals surface area contributed by atoms with E-state index in [2.05, 4.69) is 6.58 Å². The van der Waals surface area contributed by atoms with E-state index in [0.717, 1.165) is 11.4 Å². The maximum Gasteiger partial charge on any atom is 0.349 e. The van der Waals surface area contributed by atoms with Gasteiger partial charge in [0.15, 0.2) is 0 Å². The second-order valence-corrected chi connectivity index (χ2v) is 13.9. The molecule has 0 saturated carbocycles. The molecule has 0 amide bonds. The lowest BCUT2D eigenvalue weighted by molar-refractivity contribution is -0.152.